The van der Waals surface area contributed by atoms with E-state index >= 15 is 0 Å². The van der Waals surface area contributed by atoms with Crippen molar-refractivity contribution in [2.75, 3.05) is 7.11 Å². The van der Waals surface area contributed by atoms with Gasteiger partial charge in [0.15, 0.2) is 10.8 Å². The standard InChI is InChI=1S/C19H14N6OS/c1-26-16-9-7-13(8-10-16)17-21-22-19-25(17)23-18(27-19)14-11-20-24(12-14)15-5-3-2-4-6-15/h2-12H,1H3. The van der Waals surface area contributed by atoms with E-state index in [4.69, 9.17) is 9.84 Å². The summed E-state index contributed by atoms with van der Waals surface area (Å²) < 4.78 is 8.81. The lowest BCUT2D eigenvalue weighted by molar-refractivity contribution is 0.415. The lowest BCUT2D eigenvalue weighted by Crippen LogP contribution is -1.92. The fraction of sp³-hybridized carbons (Fsp3) is 0.0526. The summed E-state index contributed by atoms with van der Waals surface area (Å²) in [4.78, 5) is 0.739. The highest BCUT2D eigenvalue weighted by molar-refractivity contribution is 7.19. The molecule has 2 aromatic carbocycles. The fourth-order valence-electron chi connectivity index (χ4n) is 2.81. The highest BCUT2D eigenvalue weighted by Gasteiger charge is 2.15. The molecule has 7 nitrogen and oxygen atoms in total. The first-order valence-corrected chi connectivity index (χ1v) is 9.10. The maximum Gasteiger partial charge on any atom is 0.235 e. The van der Waals surface area contributed by atoms with Crippen LogP contribution in [-0.4, -0.2) is 36.7 Å². The summed E-state index contributed by atoms with van der Waals surface area (Å²) in [7, 11) is 1.65. The quantitative estimate of drug-likeness (QED) is 0.480. The van der Waals surface area contributed by atoms with Crippen LogP contribution in [0.3, 0.4) is 0 Å². The van der Waals surface area contributed by atoms with Crippen LogP contribution in [-0.2, 0) is 0 Å². The second-order valence-corrected chi connectivity index (χ2v) is 6.82. The van der Waals surface area contributed by atoms with Gasteiger partial charge in [0, 0.05) is 11.8 Å². The monoisotopic (exact) mass is 374 g/mol. The average Bonchev–Trinajstić information content (AvgIpc) is 3.44. The van der Waals surface area contributed by atoms with E-state index in [1.807, 2.05) is 71.7 Å². The van der Waals surface area contributed by atoms with Crippen LogP contribution < -0.4 is 4.74 Å². The van der Waals surface area contributed by atoms with Gasteiger partial charge in [-0.2, -0.15) is 14.7 Å². The second-order valence-electron chi connectivity index (χ2n) is 5.86. The molecule has 0 aliphatic heterocycles. The first-order valence-electron chi connectivity index (χ1n) is 8.29. The van der Waals surface area contributed by atoms with E-state index in [0.29, 0.717) is 5.82 Å². The molecular formula is C19H14N6OS. The number of hydrogen-bond acceptors (Lipinski definition) is 6. The third-order valence-corrected chi connectivity index (χ3v) is 5.14. The fourth-order valence-corrected chi connectivity index (χ4v) is 3.62. The van der Waals surface area contributed by atoms with E-state index in [1.54, 1.807) is 11.6 Å². The summed E-state index contributed by atoms with van der Waals surface area (Å²) in [6.45, 7) is 0. The van der Waals surface area contributed by atoms with Crippen molar-refractivity contribution in [3.8, 4) is 33.4 Å². The smallest absolute Gasteiger partial charge is 0.235 e. The summed E-state index contributed by atoms with van der Waals surface area (Å²) >= 11 is 1.48. The molecule has 0 saturated carbocycles. The third-order valence-electron chi connectivity index (χ3n) is 4.19. The number of aromatic nitrogens is 6. The summed E-state index contributed by atoms with van der Waals surface area (Å²) in [5, 5.41) is 18.5. The van der Waals surface area contributed by atoms with E-state index in [-0.39, 0.29) is 0 Å². The van der Waals surface area contributed by atoms with E-state index in [1.165, 1.54) is 11.3 Å². The molecule has 5 aromatic rings. The van der Waals surface area contributed by atoms with Gasteiger partial charge in [-0.25, -0.2) is 4.68 Å². The number of para-hydroxylation sites is 1. The number of benzene rings is 2. The average molecular weight is 374 g/mol. The van der Waals surface area contributed by atoms with Gasteiger partial charge in [-0.1, -0.05) is 29.5 Å². The Bertz CT molecular complexity index is 1210. The first kappa shape index (κ1) is 15.7. The van der Waals surface area contributed by atoms with Crippen molar-refractivity contribution in [3.05, 3.63) is 67.0 Å². The molecule has 0 amide bonds. The Morgan fingerprint density at radius 1 is 0.926 bits per heavy atom. The van der Waals surface area contributed by atoms with Gasteiger partial charge in [0.25, 0.3) is 0 Å². The van der Waals surface area contributed by atoms with Crippen molar-refractivity contribution < 1.29 is 4.74 Å². The van der Waals surface area contributed by atoms with E-state index < -0.39 is 0 Å². The van der Waals surface area contributed by atoms with Gasteiger partial charge in [-0.05, 0) is 36.4 Å². The molecule has 0 fully saturated rings. The number of ether oxygens (including phenoxy) is 1. The Morgan fingerprint density at radius 2 is 1.74 bits per heavy atom. The number of fused-ring (bicyclic) bond motifs is 1. The summed E-state index contributed by atoms with van der Waals surface area (Å²) in [6, 6.07) is 17.7. The van der Waals surface area contributed by atoms with Crippen LogP contribution in [0.2, 0.25) is 0 Å². The molecule has 3 heterocycles. The predicted molar refractivity (Wildman–Crippen MR) is 103 cm³/mol. The Hall–Kier alpha value is -3.52. The van der Waals surface area contributed by atoms with E-state index in [9.17, 15) is 0 Å². The molecule has 0 spiro atoms. The van der Waals surface area contributed by atoms with Gasteiger partial charge in [0.05, 0.1) is 24.6 Å². The highest BCUT2D eigenvalue weighted by atomic mass is 32.1. The lowest BCUT2D eigenvalue weighted by Gasteiger charge is -2.00. The van der Waals surface area contributed by atoms with Crippen LogP contribution in [0, 0.1) is 0 Å². The third kappa shape index (κ3) is 2.76. The van der Waals surface area contributed by atoms with Crippen molar-refractivity contribution in [3.63, 3.8) is 0 Å². The van der Waals surface area contributed by atoms with Crippen LogP contribution in [0.4, 0.5) is 0 Å². The predicted octanol–water partition coefficient (Wildman–Crippen LogP) is 3.71. The molecule has 0 atom stereocenters. The van der Waals surface area contributed by atoms with Crippen LogP contribution in [0.1, 0.15) is 0 Å². The van der Waals surface area contributed by atoms with E-state index in [0.717, 1.165) is 32.5 Å². The molecule has 0 aliphatic rings. The number of rotatable bonds is 4. The molecule has 0 N–H and O–H groups in total. The van der Waals surface area contributed by atoms with Crippen LogP contribution in [0.15, 0.2) is 67.0 Å². The van der Waals surface area contributed by atoms with Crippen molar-refractivity contribution >= 4 is 16.3 Å². The Balaban J connectivity index is 1.52. The maximum atomic E-state index is 5.21. The maximum absolute atomic E-state index is 5.21. The topological polar surface area (TPSA) is 70.1 Å². The Morgan fingerprint density at radius 3 is 2.52 bits per heavy atom. The SMILES string of the molecule is COc1ccc(-c2nnc3sc(-c4cnn(-c5ccccc5)c4)nn23)cc1. The molecule has 0 bridgehead atoms. The van der Waals surface area contributed by atoms with Gasteiger partial charge in [-0.15, -0.1) is 10.2 Å². The largest absolute Gasteiger partial charge is 0.497 e. The number of hydrogen-bond donors (Lipinski definition) is 0. The van der Waals surface area contributed by atoms with Crippen LogP contribution in [0.25, 0.3) is 32.6 Å². The van der Waals surface area contributed by atoms with Crippen molar-refractivity contribution in [1.82, 2.24) is 29.6 Å². The minimum atomic E-state index is 0.700. The van der Waals surface area contributed by atoms with Gasteiger partial charge in [-0.3, -0.25) is 0 Å². The highest BCUT2D eigenvalue weighted by Crippen LogP contribution is 2.28. The first-order chi connectivity index (χ1) is 13.3. The van der Waals surface area contributed by atoms with Gasteiger partial charge in [0.1, 0.15) is 5.75 Å². The minimum Gasteiger partial charge on any atom is -0.497 e. The second kappa shape index (κ2) is 6.33. The molecule has 8 heteroatoms. The van der Waals surface area contributed by atoms with Crippen molar-refractivity contribution in [2.45, 2.75) is 0 Å². The van der Waals surface area contributed by atoms with Gasteiger partial charge in [0.2, 0.25) is 4.96 Å². The Kier molecular flexibility index (Phi) is 3.68. The summed E-state index contributed by atoms with van der Waals surface area (Å²) in [5.74, 6) is 1.50. The van der Waals surface area contributed by atoms with Crippen LogP contribution >= 0.6 is 11.3 Å². The molecule has 5 rings (SSSR count). The zero-order valence-electron chi connectivity index (χ0n) is 14.4. The van der Waals surface area contributed by atoms with Crippen molar-refractivity contribution in [2.24, 2.45) is 0 Å². The lowest BCUT2D eigenvalue weighted by atomic mass is 10.2. The molecule has 0 unspecified atom stereocenters. The van der Waals surface area contributed by atoms with Gasteiger partial charge < -0.3 is 4.74 Å². The molecule has 27 heavy (non-hydrogen) atoms. The molecule has 0 saturated heterocycles. The Labute approximate surface area is 158 Å². The number of nitrogens with zero attached hydrogens (tertiary/aromatic N) is 6. The molecule has 0 radical (unpaired) electrons. The minimum absolute atomic E-state index is 0.700. The molecule has 132 valence electrons. The zero-order chi connectivity index (χ0) is 18.2. The van der Waals surface area contributed by atoms with E-state index in [2.05, 4.69) is 15.3 Å². The molecular weight excluding hydrogens is 360 g/mol. The summed E-state index contributed by atoms with van der Waals surface area (Å²) in [6.07, 6.45) is 3.78. The van der Waals surface area contributed by atoms with Crippen molar-refractivity contribution in [1.29, 1.82) is 0 Å². The molecule has 3 aromatic heterocycles. The van der Waals surface area contributed by atoms with Gasteiger partial charge >= 0.3 is 0 Å². The normalized spacial score (nSPS) is 11.1. The summed E-state index contributed by atoms with van der Waals surface area (Å²) in [5.41, 5.74) is 2.88. The zero-order valence-corrected chi connectivity index (χ0v) is 15.2. The number of methoxy groups -OCH3 is 1. The molecule has 0 aliphatic carbocycles. The van der Waals surface area contributed by atoms with Crippen LogP contribution in [0.5, 0.6) is 5.75 Å².